The first-order valence-corrected chi connectivity index (χ1v) is 10.7. The van der Waals surface area contributed by atoms with Crippen molar-refractivity contribution in [2.75, 3.05) is 13.7 Å². The van der Waals surface area contributed by atoms with Crippen LogP contribution in [0.4, 0.5) is 0 Å². The van der Waals surface area contributed by atoms with Crippen LogP contribution in [0.25, 0.3) is 0 Å². The molecule has 0 bridgehead atoms. The summed E-state index contributed by atoms with van der Waals surface area (Å²) < 4.78 is 5.08. The lowest BCUT2D eigenvalue weighted by molar-refractivity contribution is -0.139. The number of allylic oxidation sites excluding steroid dienone is 1. The Balaban J connectivity index is 5.59. The van der Waals surface area contributed by atoms with Gasteiger partial charge >= 0.3 is 5.97 Å². The SMILES string of the molecule is CC/C=C\CC(N)NC(C(=O)N(C)[C@H](/C=C(\C)C(=O)OCC)C(C)C)C(C)(C)C. The second kappa shape index (κ2) is 12.8. The zero-order valence-electron chi connectivity index (χ0n) is 19.9. The number of nitrogens with two attached hydrogens (primary N) is 1. The van der Waals surface area contributed by atoms with Crippen molar-refractivity contribution in [3.63, 3.8) is 0 Å². The van der Waals surface area contributed by atoms with Gasteiger partial charge in [-0.3, -0.25) is 10.1 Å². The molecule has 0 aromatic carbocycles. The van der Waals surface area contributed by atoms with Crippen LogP contribution in [0.1, 0.15) is 68.2 Å². The number of carbonyl (C=O) groups is 2. The lowest BCUT2D eigenvalue weighted by Gasteiger charge is -2.38. The molecular formula is C23H43N3O3. The zero-order chi connectivity index (χ0) is 22.8. The number of esters is 1. The number of carbonyl (C=O) groups excluding carboxylic acids is 2. The lowest BCUT2D eigenvalue weighted by Crippen LogP contribution is -2.58. The molecule has 1 amide bonds. The highest BCUT2D eigenvalue weighted by Gasteiger charge is 2.36. The average Bonchev–Trinajstić information content (AvgIpc) is 2.62. The molecule has 0 heterocycles. The second-order valence-corrected chi connectivity index (χ2v) is 8.94. The Morgan fingerprint density at radius 2 is 1.76 bits per heavy atom. The first-order chi connectivity index (χ1) is 13.4. The van der Waals surface area contributed by atoms with E-state index in [4.69, 9.17) is 10.5 Å². The fourth-order valence-electron chi connectivity index (χ4n) is 3.05. The molecule has 0 aliphatic rings. The number of nitrogens with one attached hydrogen (secondary N) is 1. The van der Waals surface area contributed by atoms with Crippen molar-refractivity contribution in [2.24, 2.45) is 17.1 Å². The Morgan fingerprint density at radius 3 is 2.21 bits per heavy atom. The van der Waals surface area contributed by atoms with E-state index in [-0.39, 0.29) is 35.4 Å². The number of ether oxygens (including phenoxy) is 1. The second-order valence-electron chi connectivity index (χ2n) is 8.94. The maximum absolute atomic E-state index is 13.4. The largest absolute Gasteiger partial charge is 0.463 e. The Bertz CT molecular complexity index is 576. The quantitative estimate of drug-likeness (QED) is 0.236. The molecule has 0 fully saturated rings. The number of hydrogen-bond acceptors (Lipinski definition) is 5. The lowest BCUT2D eigenvalue weighted by atomic mass is 9.84. The Labute approximate surface area is 177 Å². The summed E-state index contributed by atoms with van der Waals surface area (Å²) >= 11 is 0. The van der Waals surface area contributed by atoms with Crippen molar-refractivity contribution in [3.05, 3.63) is 23.8 Å². The molecule has 0 aromatic heterocycles. The van der Waals surface area contributed by atoms with E-state index in [1.54, 1.807) is 25.8 Å². The van der Waals surface area contributed by atoms with E-state index in [1.807, 2.05) is 46.8 Å². The summed E-state index contributed by atoms with van der Waals surface area (Å²) in [6.07, 6.45) is 7.23. The van der Waals surface area contributed by atoms with Crippen molar-refractivity contribution in [2.45, 2.75) is 86.5 Å². The van der Waals surface area contributed by atoms with Crippen LogP contribution < -0.4 is 11.1 Å². The van der Waals surface area contributed by atoms with Crippen LogP contribution in [0.3, 0.4) is 0 Å². The van der Waals surface area contributed by atoms with Crippen molar-refractivity contribution in [1.29, 1.82) is 0 Å². The molecule has 3 N–H and O–H groups in total. The van der Waals surface area contributed by atoms with E-state index in [0.717, 1.165) is 6.42 Å². The molecule has 6 heteroatoms. The highest BCUT2D eigenvalue weighted by Crippen LogP contribution is 2.24. The van der Waals surface area contributed by atoms with Gasteiger partial charge in [-0.2, -0.15) is 0 Å². The van der Waals surface area contributed by atoms with E-state index in [0.29, 0.717) is 18.6 Å². The highest BCUT2D eigenvalue weighted by molar-refractivity contribution is 5.88. The third-order valence-electron chi connectivity index (χ3n) is 4.78. The van der Waals surface area contributed by atoms with Gasteiger partial charge in [-0.25, -0.2) is 4.79 Å². The summed E-state index contributed by atoms with van der Waals surface area (Å²) in [4.78, 5) is 27.2. The van der Waals surface area contributed by atoms with Gasteiger partial charge in [0.05, 0.1) is 24.9 Å². The van der Waals surface area contributed by atoms with E-state index in [9.17, 15) is 9.59 Å². The summed E-state index contributed by atoms with van der Waals surface area (Å²) in [7, 11) is 1.78. The molecule has 3 atom stereocenters. The third kappa shape index (κ3) is 9.59. The molecule has 6 nitrogen and oxygen atoms in total. The maximum Gasteiger partial charge on any atom is 0.333 e. The molecule has 29 heavy (non-hydrogen) atoms. The first-order valence-electron chi connectivity index (χ1n) is 10.7. The van der Waals surface area contributed by atoms with E-state index in [1.165, 1.54) is 0 Å². The number of nitrogens with zero attached hydrogens (tertiary/aromatic N) is 1. The first kappa shape index (κ1) is 27.3. The fraction of sp³-hybridized carbons (Fsp3) is 0.739. The van der Waals surface area contributed by atoms with E-state index in [2.05, 4.69) is 18.3 Å². The third-order valence-corrected chi connectivity index (χ3v) is 4.78. The van der Waals surface area contributed by atoms with Crippen molar-refractivity contribution in [3.8, 4) is 0 Å². The number of hydrogen-bond donors (Lipinski definition) is 2. The molecule has 0 saturated carbocycles. The van der Waals surface area contributed by atoms with Gasteiger partial charge in [0, 0.05) is 12.6 Å². The number of amides is 1. The summed E-state index contributed by atoms with van der Waals surface area (Å²) in [5.74, 6) is -0.261. The van der Waals surface area contributed by atoms with Crippen molar-refractivity contribution in [1.82, 2.24) is 10.2 Å². The smallest absolute Gasteiger partial charge is 0.333 e. The van der Waals surface area contributed by atoms with Crippen LogP contribution >= 0.6 is 0 Å². The van der Waals surface area contributed by atoms with Gasteiger partial charge < -0.3 is 15.4 Å². The van der Waals surface area contributed by atoms with Crippen LogP contribution in [-0.4, -0.2) is 48.7 Å². The van der Waals surface area contributed by atoms with Crippen molar-refractivity contribution < 1.29 is 14.3 Å². The number of rotatable bonds is 11. The van der Waals surface area contributed by atoms with E-state index >= 15 is 0 Å². The Hall–Kier alpha value is -1.66. The number of likely N-dealkylation sites (N-methyl/N-ethyl adjacent to an activating group) is 1. The monoisotopic (exact) mass is 409 g/mol. The summed E-state index contributed by atoms with van der Waals surface area (Å²) in [5, 5.41) is 3.31. The minimum absolute atomic E-state index is 0.0426. The normalized spacial score (nSPS) is 16.0. The molecule has 0 aliphatic carbocycles. The maximum atomic E-state index is 13.4. The molecule has 0 spiro atoms. The zero-order valence-corrected chi connectivity index (χ0v) is 19.9. The molecular weight excluding hydrogens is 366 g/mol. The van der Waals surface area contributed by atoms with E-state index < -0.39 is 6.04 Å². The minimum atomic E-state index is -0.449. The molecule has 168 valence electrons. The van der Waals surface area contributed by atoms with Gasteiger partial charge in [0.25, 0.3) is 0 Å². The van der Waals surface area contributed by atoms with Gasteiger partial charge in [-0.1, -0.05) is 59.8 Å². The predicted molar refractivity (Wildman–Crippen MR) is 120 cm³/mol. The molecule has 0 saturated heterocycles. The Morgan fingerprint density at radius 1 is 1.17 bits per heavy atom. The fourth-order valence-corrected chi connectivity index (χ4v) is 3.05. The van der Waals surface area contributed by atoms with Crippen LogP contribution in [0.5, 0.6) is 0 Å². The van der Waals surface area contributed by atoms with Crippen LogP contribution in [0, 0.1) is 11.3 Å². The molecule has 0 rings (SSSR count). The predicted octanol–water partition coefficient (Wildman–Crippen LogP) is 3.62. The molecule has 2 unspecified atom stereocenters. The summed E-state index contributed by atoms with van der Waals surface area (Å²) in [6, 6.07) is -0.676. The van der Waals surface area contributed by atoms with Crippen LogP contribution in [0.2, 0.25) is 0 Å². The molecule has 0 aromatic rings. The molecule has 0 aliphatic heterocycles. The summed E-state index contributed by atoms with van der Waals surface area (Å²) in [5.41, 5.74) is 6.42. The van der Waals surface area contributed by atoms with Gasteiger partial charge in [0.2, 0.25) is 5.91 Å². The van der Waals surface area contributed by atoms with Gasteiger partial charge in [0.1, 0.15) is 0 Å². The minimum Gasteiger partial charge on any atom is -0.463 e. The van der Waals surface area contributed by atoms with Crippen LogP contribution in [0.15, 0.2) is 23.8 Å². The van der Waals surface area contributed by atoms with Crippen LogP contribution in [-0.2, 0) is 14.3 Å². The highest BCUT2D eigenvalue weighted by atomic mass is 16.5. The van der Waals surface area contributed by atoms with Gasteiger partial charge in [-0.15, -0.1) is 0 Å². The topological polar surface area (TPSA) is 84.7 Å². The average molecular weight is 410 g/mol. The molecule has 0 radical (unpaired) electrons. The van der Waals surface area contributed by atoms with Gasteiger partial charge in [0.15, 0.2) is 0 Å². The Kier molecular flexibility index (Phi) is 12.1. The summed E-state index contributed by atoms with van der Waals surface area (Å²) in [6.45, 7) is 16.0. The standard InChI is InChI=1S/C23H43N3O3/c1-10-12-13-14-19(24)25-20(23(6,7)8)21(27)26(9)18(16(3)4)15-17(5)22(28)29-11-2/h12-13,15-16,18-20,25H,10-11,14,24H2,1-9H3/b13-12-,17-15+/t18-,19?,20?/m1/s1. The van der Waals surface area contributed by atoms with Crippen molar-refractivity contribution >= 4 is 11.9 Å². The van der Waals surface area contributed by atoms with Gasteiger partial charge in [-0.05, 0) is 38.0 Å².